The zero-order valence-corrected chi connectivity index (χ0v) is 15.9. The van der Waals surface area contributed by atoms with Crippen LogP contribution >= 0.6 is 11.6 Å². The molecule has 0 spiro atoms. The van der Waals surface area contributed by atoms with Gasteiger partial charge in [0, 0.05) is 12.6 Å². The zero-order valence-electron chi connectivity index (χ0n) is 14.3. The molecule has 0 fully saturated rings. The summed E-state index contributed by atoms with van der Waals surface area (Å²) in [7, 11) is -2.78. The third kappa shape index (κ3) is 4.53. The van der Waals surface area contributed by atoms with Crippen LogP contribution in [0.15, 0.2) is 41.3 Å². The van der Waals surface area contributed by atoms with Gasteiger partial charge in [-0.25, -0.2) is 13.2 Å². The van der Waals surface area contributed by atoms with Gasteiger partial charge in [0.25, 0.3) is 10.0 Å². The van der Waals surface area contributed by atoms with Gasteiger partial charge in [-0.3, -0.25) is 9.52 Å². The molecule has 26 heavy (non-hydrogen) atoms. The molecule has 2 rings (SSSR count). The fourth-order valence-corrected chi connectivity index (χ4v) is 3.85. The Morgan fingerprint density at radius 3 is 2.38 bits per heavy atom. The van der Waals surface area contributed by atoms with Gasteiger partial charge in [-0.15, -0.1) is 0 Å². The number of amides is 1. The predicted octanol–water partition coefficient (Wildman–Crippen LogP) is 3.19. The molecule has 2 aromatic rings. The fraction of sp³-hybridized carbons (Fsp3) is 0.176. The minimum absolute atomic E-state index is 0.0672. The van der Waals surface area contributed by atoms with Crippen molar-refractivity contribution in [1.29, 1.82) is 0 Å². The highest BCUT2D eigenvalue weighted by atomic mass is 35.5. The molecule has 0 aliphatic rings. The van der Waals surface area contributed by atoms with Crippen LogP contribution in [0.4, 0.5) is 11.4 Å². The summed E-state index contributed by atoms with van der Waals surface area (Å²) in [6.07, 6.45) is 0. The summed E-state index contributed by atoms with van der Waals surface area (Å²) in [6, 6.07) is 8.62. The Morgan fingerprint density at radius 2 is 1.81 bits per heavy atom. The van der Waals surface area contributed by atoms with Gasteiger partial charge in [0.1, 0.15) is 0 Å². The van der Waals surface area contributed by atoms with Gasteiger partial charge in [0.15, 0.2) is 0 Å². The normalized spacial score (nSPS) is 10.9. The maximum absolute atomic E-state index is 12.7. The highest BCUT2D eigenvalue weighted by molar-refractivity contribution is 7.92. The summed E-state index contributed by atoms with van der Waals surface area (Å²) in [5.41, 5.74) is 1.15. The van der Waals surface area contributed by atoms with Crippen molar-refractivity contribution in [3.05, 3.63) is 52.5 Å². The third-order valence-corrected chi connectivity index (χ3v) is 5.25. The van der Waals surface area contributed by atoms with Crippen molar-refractivity contribution >= 4 is 44.9 Å². The second-order valence-corrected chi connectivity index (χ2v) is 7.51. The van der Waals surface area contributed by atoms with E-state index in [1.807, 2.05) is 0 Å². The summed E-state index contributed by atoms with van der Waals surface area (Å²) in [4.78, 5) is 22.7. The smallest absolute Gasteiger partial charge is 0.337 e. The number of hydrogen-bond donors (Lipinski definition) is 2. The number of sulfonamides is 1. The number of ether oxygens (including phenoxy) is 1. The Bertz CT molecular complexity index is 973. The van der Waals surface area contributed by atoms with E-state index in [0.29, 0.717) is 11.3 Å². The number of rotatable bonds is 5. The quantitative estimate of drug-likeness (QED) is 0.755. The van der Waals surface area contributed by atoms with E-state index < -0.39 is 16.0 Å². The van der Waals surface area contributed by atoms with E-state index in [1.165, 1.54) is 50.4 Å². The van der Waals surface area contributed by atoms with Crippen LogP contribution in [0.2, 0.25) is 5.02 Å². The van der Waals surface area contributed by atoms with Gasteiger partial charge in [-0.1, -0.05) is 17.7 Å². The van der Waals surface area contributed by atoms with Crippen LogP contribution in [-0.4, -0.2) is 27.4 Å². The van der Waals surface area contributed by atoms with E-state index in [4.69, 9.17) is 11.6 Å². The number of nitrogens with one attached hydrogen (secondary N) is 2. The molecule has 0 atom stereocenters. The molecular formula is C17H17ClN2O5S. The number of halogens is 1. The standard InChI is InChI=1S/C17H17ClN2O5S/c1-10-4-5-12(17(22)25-3)8-16(10)26(23,24)20-15-7-6-13(9-14(15)18)19-11(2)21/h4-9,20H,1-3H3,(H,19,21). The van der Waals surface area contributed by atoms with Gasteiger partial charge < -0.3 is 10.1 Å². The first kappa shape index (κ1) is 19.7. The van der Waals surface area contributed by atoms with Crippen LogP contribution in [0, 0.1) is 6.92 Å². The molecule has 0 saturated heterocycles. The van der Waals surface area contributed by atoms with Crippen molar-refractivity contribution in [3.8, 4) is 0 Å². The Balaban J connectivity index is 2.37. The largest absolute Gasteiger partial charge is 0.465 e. The predicted molar refractivity (Wildman–Crippen MR) is 99.1 cm³/mol. The van der Waals surface area contributed by atoms with Gasteiger partial charge >= 0.3 is 5.97 Å². The third-order valence-electron chi connectivity index (χ3n) is 3.43. The van der Waals surface area contributed by atoms with Crippen molar-refractivity contribution in [3.63, 3.8) is 0 Å². The average molecular weight is 397 g/mol. The number of aryl methyl sites for hydroxylation is 1. The molecule has 0 aliphatic heterocycles. The van der Waals surface area contributed by atoms with Crippen LogP contribution in [0.3, 0.4) is 0 Å². The molecule has 138 valence electrons. The topological polar surface area (TPSA) is 102 Å². The van der Waals surface area contributed by atoms with Crippen LogP contribution in [0.1, 0.15) is 22.8 Å². The summed E-state index contributed by atoms with van der Waals surface area (Å²) in [6.45, 7) is 2.96. The number of anilines is 2. The lowest BCUT2D eigenvalue weighted by atomic mass is 10.1. The molecule has 9 heteroatoms. The molecule has 0 saturated carbocycles. The summed E-state index contributed by atoms with van der Waals surface area (Å²) in [5.74, 6) is -0.913. The van der Waals surface area contributed by atoms with E-state index in [9.17, 15) is 18.0 Å². The Hall–Kier alpha value is -2.58. The molecule has 1 amide bonds. The number of hydrogen-bond acceptors (Lipinski definition) is 5. The Morgan fingerprint density at radius 1 is 1.12 bits per heavy atom. The van der Waals surface area contributed by atoms with Gasteiger partial charge in [-0.05, 0) is 42.8 Å². The number of methoxy groups -OCH3 is 1. The van der Waals surface area contributed by atoms with Crippen molar-refractivity contribution < 1.29 is 22.7 Å². The van der Waals surface area contributed by atoms with E-state index in [-0.39, 0.29) is 27.1 Å². The molecule has 2 N–H and O–H groups in total. The molecule has 2 aromatic carbocycles. The first-order chi connectivity index (χ1) is 12.1. The zero-order chi connectivity index (χ0) is 19.5. The Labute approximate surface area is 156 Å². The van der Waals surface area contributed by atoms with Gasteiger partial charge in [0.05, 0.1) is 28.3 Å². The molecule has 0 heterocycles. The average Bonchev–Trinajstić information content (AvgIpc) is 2.56. The van der Waals surface area contributed by atoms with Crippen molar-refractivity contribution in [2.75, 3.05) is 17.1 Å². The SMILES string of the molecule is COC(=O)c1ccc(C)c(S(=O)(=O)Nc2ccc(NC(C)=O)cc2Cl)c1. The molecular weight excluding hydrogens is 380 g/mol. The molecule has 0 aromatic heterocycles. The lowest BCUT2D eigenvalue weighted by Gasteiger charge is -2.13. The molecule has 0 aliphatic carbocycles. The number of benzene rings is 2. The van der Waals surface area contributed by atoms with Crippen LogP contribution in [-0.2, 0) is 19.6 Å². The summed E-state index contributed by atoms with van der Waals surface area (Å²) in [5, 5.41) is 2.66. The lowest BCUT2D eigenvalue weighted by molar-refractivity contribution is -0.114. The van der Waals surface area contributed by atoms with E-state index in [2.05, 4.69) is 14.8 Å². The first-order valence-corrected chi connectivity index (χ1v) is 9.29. The van der Waals surface area contributed by atoms with Crippen LogP contribution in [0.25, 0.3) is 0 Å². The molecule has 0 radical (unpaired) electrons. The Kier molecular flexibility index (Phi) is 5.89. The molecule has 7 nitrogen and oxygen atoms in total. The molecule has 0 bridgehead atoms. The van der Waals surface area contributed by atoms with Crippen molar-refractivity contribution in [1.82, 2.24) is 0 Å². The minimum Gasteiger partial charge on any atom is -0.465 e. The second kappa shape index (κ2) is 7.76. The highest BCUT2D eigenvalue weighted by Crippen LogP contribution is 2.29. The second-order valence-electron chi connectivity index (χ2n) is 5.45. The maximum Gasteiger partial charge on any atom is 0.337 e. The minimum atomic E-state index is -4.00. The first-order valence-electron chi connectivity index (χ1n) is 7.43. The fourth-order valence-electron chi connectivity index (χ4n) is 2.21. The molecule has 0 unspecified atom stereocenters. The van der Waals surface area contributed by atoms with E-state index in [0.717, 1.165) is 0 Å². The number of carbonyl (C=O) groups excluding carboxylic acids is 2. The van der Waals surface area contributed by atoms with Crippen molar-refractivity contribution in [2.45, 2.75) is 18.7 Å². The maximum atomic E-state index is 12.7. The summed E-state index contributed by atoms with van der Waals surface area (Å²) >= 11 is 6.10. The van der Waals surface area contributed by atoms with E-state index in [1.54, 1.807) is 6.92 Å². The highest BCUT2D eigenvalue weighted by Gasteiger charge is 2.20. The summed E-state index contributed by atoms with van der Waals surface area (Å²) < 4.78 is 32.4. The van der Waals surface area contributed by atoms with Crippen molar-refractivity contribution in [2.24, 2.45) is 0 Å². The lowest BCUT2D eigenvalue weighted by Crippen LogP contribution is -2.16. The van der Waals surface area contributed by atoms with Crippen LogP contribution in [0.5, 0.6) is 0 Å². The van der Waals surface area contributed by atoms with Crippen LogP contribution < -0.4 is 10.0 Å². The monoisotopic (exact) mass is 396 g/mol. The van der Waals surface area contributed by atoms with Gasteiger partial charge in [0.2, 0.25) is 5.91 Å². The van der Waals surface area contributed by atoms with E-state index >= 15 is 0 Å². The number of esters is 1. The van der Waals surface area contributed by atoms with Gasteiger partial charge in [-0.2, -0.15) is 0 Å². The number of carbonyl (C=O) groups is 2.